The molecule has 0 unspecified atom stereocenters. The standard InChI is InChI=1S/C6H5ClN2O4S.C4H10/c7-5-2-1-4(14(8,12)13)3-6(5)9(10)11;1-3-4-2/h1-3H,(H2,8,12,13);3-4H2,1-2H3. The zero-order valence-electron chi connectivity index (χ0n) is 10.1. The van der Waals surface area contributed by atoms with Gasteiger partial charge in [-0.05, 0) is 12.1 Å². The summed E-state index contributed by atoms with van der Waals surface area (Å²) in [5.41, 5.74) is -0.488. The molecule has 0 saturated carbocycles. The van der Waals surface area contributed by atoms with E-state index in [-0.39, 0.29) is 9.92 Å². The Balaban J connectivity index is 0.000000631. The average molecular weight is 295 g/mol. The second-order valence-corrected chi connectivity index (χ2v) is 5.38. The van der Waals surface area contributed by atoms with Gasteiger partial charge in [0.1, 0.15) is 5.02 Å². The van der Waals surface area contributed by atoms with Crippen LogP contribution >= 0.6 is 11.6 Å². The van der Waals surface area contributed by atoms with Crippen LogP contribution in [-0.2, 0) is 10.0 Å². The number of nitrogens with zero attached hydrogens (tertiary/aromatic N) is 1. The molecule has 0 radical (unpaired) electrons. The molecule has 0 saturated heterocycles. The van der Waals surface area contributed by atoms with Gasteiger partial charge in [0.15, 0.2) is 0 Å². The highest BCUT2D eigenvalue weighted by atomic mass is 35.5. The second-order valence-electron chi connectivity index (χ2n) is 3.42. The Hall–Kier alpha value is -1.18. The molecule has 1 aromatic carbocycles. The molecule has 18 heavy (non-hydrogen) atoms. The molecule has 0 aromatic heterocycles. The highest BCUT2D eigenvalue weighted by Gasteiger charge is 2.17. The van der Waals surface area contributed by atoms with E-state index in [0.717, 1.165) is 18.2 Å². The van der Waals surface area contributed by atoms with Gasteiger partial charge < -0.3 is 0 Å². The van der Waals surface area contributed by atoms with Crippen LogP contribution in [0.25, 0.3) is 0 Å². The van der Waals surface area contributed by atoms with Crippen LogP contribution in [0.15, 0.2) is 23.1 Å². The minimum absolute atomic E-state index is 0.137. The molecule has 1 aromatic rings. The van der Waals surface area contributed by atoms with Gasteiger partial charge in [-0.1, -0.05) is 38.3 Å². The number of primary sulfonamides is 1. The molecule has 6 nitrogen and oxygen atoms in total. The summed E-state index contributed by atoms with van der Waals surface area (Å²) < 4.78 is 21.7. The first-order valence-electron chi connectivity index (χ1n) is 5.20. The summed E-state index contributed by atoms with van der Waals surface area (Å²) in [4.78, 5) is 9.27. The SMILES string of the molecule is CCCC.NS(=O)(=O)c1ccc(Cl)c([N+](=O)[O-])c1. The van der Waals surface area contributed by atoms with Gasteiger partial charge in [0.25, 0.3) is 5.69 Å². The first-order valence-corrected chi connectivity index (χ1v) is 7.13. The van der Waals surface area contributed by atoms with Gasteiger partial charge in [-0.3, -0.25) is 10.1 Å². The van der Waals surface area contributed by atoms with E-state index in [0.29, 0.717) is 0 Å². The van der Waals surface area contributed by atoms with E-state index < -0.39 is 20.6 Å². The summed E-state index contributed by atoms with van der Waals surface area (Å²) >= 11 is 5.46. The smallest absolute Gasteiger partial charge is 0.258 e. The van der Waals surface area contributed by atoms with Crippen LogP contribution in [0.1, 0.15) is 26.7 Å². The van der Waals surface area contributed by atoms with Gasteiger partial charge >= 0.3 is 0 Å². The van der Waals surface area contributed by atoms with Crippen molar-refractivity contribution in [3.8, 4) is 0 Å². The van der Waals surface area contributed by atoms with Crippen molar-refractivity contribution in [1.29, 1.82) is 0 Å². The molecule has 0 amide bonds. The number of rotatable bonds is 3. The second kappa shape index (κ2) is 7.30. The number of unbranched alkanes of at least 4 members (excludes halogenated alkanes) is 1. The molecule has 1 rings (SSSR count). The minimum Gasteiger partial charge on any atom is -0.258 e. The highest BCUT2D eigenvalue weighted by Crippen LogP contribution is 2.26. The molecule has 0 atom stereocenters. The number of nitrogens with two attached hydrogens (primary N) is 1. The summed E-state index contributed by atoms with van der Waals surface area (Å²) in [7, 11) is -3.94. The van der Waals surface area contributed by atoms with Crippen LogP contribution in [0.2, 0.25) is 5.02 Å². The lowest BCUT2D eigenvalue weighted by atomic mass is 10.3. The Labute approximate surface area is 111 Å². The van der Waals surface area contributed by atoms with E-state index in [4.69, 9.17) is 16.7 Å². The maximum atomic E-state index is 10.8. The van der Waals surface area contributed by atoms with Crippen molar-refractivity contribution in [2.75, 3.05) is 0 Å². The number of halogens is 1. The fourth-order valence-electron chi connectivity index (χ4n) is 0.809. The summed E-state index contributed by atoms with van der Waals surface area (Å²) in [5.74, 6) is 0. The Morgan fingerprint density at radius 3 is 2.17 bits per heavy atom. The van der Waals surface area contributed by atoms with Crippen LogP contribution in [-0.4, -0.2) is 13.3 Å². The summed E-state index contributed by atoms with van der Waals surface area (Å²) in [5, 5.41) is 15.0. The molecule has 0 bridgehead atoms. The lowest BCUT2D eigenvalue weighted by Gasteiger charge is -1.98. The average Bonchev–Trinajstić information content (AvgIpc) is 2.28. The topological polar surface area (TPSA) is 103 Å². The van der Waals surface area contributed by atoms with E-state index in [1.807, 2.05) is 0 Å². The van der Waals surface area contributed by atoms with Crippen molar-refractivity contribution in [3.05, 3.63) is 33.3 Å². The summed E-state index contributed by atoms with van der Waals surface area (Å²) in [6, 6.07) is 3.03. The van der Waals surface area contributed by atoms with Crippen molar-refractivity contribution in [3.63, 3.8) is 0 Å². The molecular weight excluding hydrogens is 280 g/mol. The molecule has 0 aliphatic carbocycles. The maximum Gasteiger partial charge on any atom is 0.289 e. The van der Waals surface area contributed by atoms with Gasteiger partial charge in [0.2, 0.25) is 10.0 Å². The molecule has 2 N–H and O–H groups in total. The largest absolute Gasteiger partial charge is 0.289 e. The van der Waals surface area contributed by atoms with Crippen molar-refractivity contribution in [1.82, 2.24) is 0 Å². The molecule has 0 heterocycles. The lowest BCUT2D eigenvalue weighted by molar-refractivity contribution is -0.384. The molecule has 102 valence electrons. The third kappa shape index (κ3) is 5.44. The maximum absolute atomic E-state index is 10.8. The number of benzene rings is 1. The van der Waals surface area contributed by atoms with Gasteiger partial charge in [0, 0.05) is 6.07 Å². The van der Waals surface area contributed by atoms with Crippen LogP contribution < -0.4 is 5.14 Å². The van der Waals surface area contributed by atoms with E-state index in [1.165, 1.54) is 12.8 Å². The van der Waals surface area contributed by atoms with E-state index in [2.05, 4.69) is 13.8 Å². The Morgan fingerprint density at radius 1 is 1.33 bits per heavy atom. The number of nitro groups is 1. The first-order chi connectivity index (χ1) is 8.23. The van der Waals surface area contributed by atoms with Crippen molar-refractivity contribution >= 4 is 27.3 Å². The minimum atomic E-state index is -3.94. The Morgan fingerprint density at radius 2 is 1.83 bits per heavy atom. The summed E-state index contributed by atoms with van der Waals surface area (Å²) in [6.45, 7) is 4.36. The van der Waals surface area contributed by atoms with E-state index >= 15 is 0 Å². The lowest BCUT2D eigenvalue weighted by Crippen LogP contribution is -2.12. The van der Waals surface area contributed by atoms with Crippen LogP contribution in [0.4, 0.5) is 5.69 Å². The third-order valence-electron chi connectivity index (χ3n) is 1.94. The van der Waals surface area contributed by atoms with Gasteiger partial charge in [-0.2, -0.15) is 0 Å². The Kier molecular flexibility index (Phi) is 6.82. The van der Waals surface area contributed by atoms with Crippen molar-refractivity contribution in [2.24, 2.45) is 5.14 Å². The first kappa shape index (κ1) is 16.8. The number of nitro benzene ring substituents is 1. The number of hydrogen-bond donors (Lipinski definition) is 1. The normalized spacial score (nSPS) is 10.4. The number of hydrogen-bond acceptors (Lipinski definition) is 4. The Bertz CT molecular complexity index is 515. The van der Waals surface area contributed by atoms with Crippen LogP contribution in [0, 0.1) is 10.1 Å². The predicted molar refractivity (Wildman–Crippen MR) is 70.1 cm³/mol. The molecule has 0 spiro atoms. The monoisotopic (exact) mass is 294 g/mol. The molecule has 0 fully saturated rings. The molecule has 0 aliphatic rings. The molecular formula is C10H15ClN2O4S. The van der Waals surface area contributed by atoms with E-state index in [9.17, 15) is 18.5 Å². The summed E-state index contributed by atoms with van der Waals surface area (Å²) in [6.07, 6.45) is 2.64. The number of sulfonamides is 1. The zero-order chi connectivity index (χ0) is 14.3. The fraction of sp³-hybridized carbons (Fsp3) is 0.400. The van der Waals surface area contributed by atoms with E-state index in [1.54, 1.807) is 0 Å². The van der Waals surface area contributed by atoms with Crippen molar-refractivity contribution in [2.45, 2.75) is 31.6 Å². The highest BCUT2D eigenvalue weighted by molar-refractivity contribution is 7.89. The van der Waals surface area contributed by atoms with Crippen LogP contribution in [0.3, 0.4) is 0 Å². The zero-order valence-corrected chi connectivity index (χ0v) is 11.7. The van der Waals surface area contributed by atoms with Gasteiger partial charge in [-0.25, -0.2) is 13.6 Å². The molecule has 0 aliphatic heterocycles. The fourth-order valence-corrected chi connectivity index (χ4v) is 1.53. The quantitative estimate of drug-likeness (QED) is 0.683. The van der Waals surface area contributed by atoms with Crippen molar-refractivity contribution < 1.29 is 13.3 Å². The van der Waals surface area contributed by atoms with Gasteiger partial charge in [-0.15, -0.1) is 0 Å². The van der Waals surface area contributed by atoms with Gasteiger partial charge in [0.05, 0.1) is 9.82 Å². The van der Waals surface area contributed by atoms with Crippen LogP contribution in [0.5, 0.6) is 0 Å². The molecule has 8 heteroatoms. The predicted octanol–water partition coefficient (Wildman–Crippen LogP) is 2.70. The third-order valence-corrected chi connectivity index (χ3v) is 3.17.